The fourth-order valence-corrected chi connectivity index (χ4v) is 3.33. The van der Waals surface area contributed by atoms with E-state index in [0.717, 1.165) is 2.88 Å². The minimum Gasteiger partial charge on any atom is -0.360 e. The quantitative estimate of drug-likeness (QED) is 0.314. The summed E-state index contributed by atoms with van der Waals surface area (Å²) >= 11 is 3.67. The van der Waals surface area contributed by atoms with Gasteiger partial charge in [0.1, 0.15) is 0 Å². The second-order valence-corrected chi connectivity index (χ2v) is 6.96. The number of H-pyrrole nitrogens is 1. The predicted octanol–water partition coefficient (Wildman–Crippen LogP) is 3.97. The van der Waals surface area contributed by atoms with Crippen LogP contribution in [0.25, 0.3) is 10.9 Å². The summed E-state index contributed by atoms with van der Waals surface area (Å²) in [7, 11) is 0. The van der Waals surface area contributed by atoms with Crippen molar-refractivity contribution in [3.8, 4) is 0 Å². The van der Waals surface area contributed by atoms with Crippen LogP contribution in [-0.2, 0) is 0 Å². The van der Waals surface area contributed by atoms with Crippen molar-refractivity contribution in [3.63, 3.8) is 0 Å². The lowest BCUT2D eigenvalue weighted by molar-refractivity contribution is -0.384. The summed E-state index contributed by atoms with van der Waals surface area (Å²) in [5.74, 6) is -0.0794. The van der Waals surface area contributed by atoms with E-state index < -0.39 is 4.92 Å². The van der Waals surface area contributed by atoms with Crippen molar-refractivity contribution in [2.75, 3.05) is 0 Å². The number of benzene rings is 1. The van der Waals surface area contributed by atoms with E-state index in [2.05, 4.69) is 27.6 Å². The molecule has 0 saturated heterocycles. The van der Waals surface area contributed by atoms with Crippen molar-refractivity contribution in [2.24, 2.45) is 0 Å². The topological polar surface area (TPSA) is 76.0 Å². The minimum atomic E-state index is -0.455. The van der Waals surface area contributed by atoms with E-state index >= 15 is 0 Å². The fourth-order valence-electron chi connectivity index (χ4n) is 2.00. The zero-order valence-corrected chi connectivity index (χ0v) is 12.9. The molecule has 20 heavy (non-hydrogen) atoms. The van der Waals surface area contributed by atoms with E-state index in [9.17, 15) is 14.9 Å². The Labute approximate surface area is 130 Å². The number of carbonyl (C=O) groups excluding carboxylic acids is 1. The van der Waals surface area contributed by atoms with Gasteiger partial charge in [0, 0.05) is 40.2 Å². The Kier molecular flexibility index (Phi) is 3.30. The highest BCUT2D eigenvalue weighted by atomic mass is 127. The van der Waals surface area contributed by atoms with Gasteiger partial charge in [-0.15, -0.1) is 11.3 Å². The van der Waals surface area contributed by atoms with E-state index in [0.29, 0.717) is 22.0 Å². The maximum Gasteiger partial charge on any atom is 0.271 e. The first kappa shape index (κ1) is 13.3. The Bertz CT molecular complexity index is 837. The maximum atomic E-state index is 12.4. The van der Waals surface area contributed by atoms with Crippen LogP contribution in [0.3, 0.4) is 0 Å². The van der Waals surface area contributed by atoms with E-state index in [1.807, 2.05) is 11.4 Å². The number of hydrogen-bond acceptors (Lipinski definition) is 4. The normalized spacial score (nSPS) is 10.8. The van der Waals surface area contributed by atoms with Gasteiger partial charge in [-0.25, -0.2) is 0 Å². The number of halogens is 1. The summed E-state index contributed by atoms with van der Waals surface area (Å²) in [6.07, 6.45) is 1.60. The van der Waals surface area contributed by atoms with Crippen molar-refractivity contribution < 1.29 is 9.72 Å². The molecule has 2 aromatic heterocycles. The lowest BCUT2D eigenvalue weighted by Gasteiger charge is -1.96. The van der Waals surface area contributed by atoms with E-state index in [4.69, 9.17) is 0 Å². The number of aromatic amines is 1. The maximum absolute atomic E-state index is 12.4. The number of non-ortho nitro benzene ring substituents is 1. The standard InChI is InChI=1S/C13H7IN2O3S/c14-12-3-7(6-20-12)13(17)10-5-15-11-4-8(16(18)19)1-2-9(10)11/h1-6,15H. The number of hydrogen-bond donors (Lipinski definition) is 1. The third-order valence-electron chi connectivity index (χ3n) is 2.95. The molecule has 0 atom stereocenters. The molecule has 0 unspecified atom stereocenters. The molecule has 3 rings (SSSR count). The van der Waals surface area contributed by atoms with Gasteiger partial charge >= 0.3 is 0 Å². The van der Waals surface area contributed by atoms with Crippen LogP contribution in [0.2, 0.25) is 0 Å². The Balaban J connectivity index is 2.09. The Morgan fingerprint density at radius 1 is 1.35 bits per heavy atom. The smallest absolute Gasteiger partial charge is 0.271 e. The van der Waals surface area contributed by atoms with Crippen LogP contribution in [0.4, 0.5) is 5.69 Å². The van der Waals surface area contributed by atoms with Crippen molar-refractivity contribution in [1.82, 2.24) is 4.98 Å². The molecule has 0 aliphatic rings. The van der Waals surface area contributed by atoms with Gasteiger partial charge in [0.05, 0.1) is 13.3 Å². The number of rotatable bonds is 3. The molecule has 0 radical (unpaired) electrons. The first-order valence-corrected chi connectivity index (χ1v) is 7.56. The average Bonchev–Trinajstić information content (AvgIpc) is 3.03. The van der Waals surface area contributed by atoms with Gasteiger partial charge < -0.3 is 4.98 Å². The van der Waals surface area contributed by atoms with E-state index in [1.165, 1.54) is 23.5 Å². The van der Waals surface area contributed by atoms with Gasteiger partial charge in [-0.1, -0.05) is 0 Å². The summed E-state index contributed by atoms with van der Waals surface area (Å²) in [6, 6.07) is 6.28. The third kappa shape index (κ3) is 2.22. The first-order chi connectivity index (χ1) is 9.56. The summed E-state index contributed by atoms with van der Waals surface area (Å²) in [5, 5.41) is 13.2. The molecule has 0 aliphatic carbocycles. The molecule has 5 nitrogen and oxygen atoms in total. The van der Waals surface area contributed by atoms with Gasteiger partial charge in [-0.05, 0) is 34.7 Å². The second kappa shape index (κ2) is 4.98. The zero-order valence-electron chi connectivity index (χ0n) is 9.92. The van der Waals surface area contributed by atoms with Crippen LogP contribution >= 0.6 is 33.9 Å². The number of ketones is 1. The van der Waals surface area contributed by atoms with E-state index in [1.54, 1.807) is 12.3 Å². The summed E-state index contributed by atoms with van der Waals surface area (Å²) in [6.45, 7) is 0. The molecular weight excluding hydrogens is 391 g/mol. The third-order valence-corrected chi connectivity index (χ3v) is 4.74. The van der Waals surface area contributed by atoms with E-state index in [-0.39, 0.29) is 11.5 Å². The molecule has 2 heterocycles. The minimum absolute atomic E-state index is 0.00318. The van der Waals surface area contributed by atoms with Gasteiger partial charge in [0.15, 0.2) is 5.78 Å². The van der Waals surface area contributed by atoms with Crippen molar-refractivity contribution >= 4 is 56.3 Å². The molecule has 0 bridgehead atoms. The van der Waals surface area contributed by atoms with Gasteiger partial charge in [0.25, 0.3) is 5.69 Å². The van der Waals surface area contributed by atoms with Crippen molar-refractivity contribution in [1.29, 1.82) is 0 Å². The van der Waals surface area contributed by atoms with Crippen LogP contribution in [-0.4, -0.2) is 15.7 Å². The molecule has 0 fully saturated rings. The van der Waals surface area contributed by atoms with Crippen molar-refractivity contribution in [2.45, 2.75) is 0 Å². The molecule has 0 spiro atoms. The Morgan fingerprint density at radius 2 is 2.15 bits per heavy atom. The number of aromatic nitrogens is 1. The number of nitrogens with one attached hydrogen (secondary N) is 1. The number of thiophene rings is 1. The molecule has 3 aromatic rings. The number of fused-ring (bicyclic) bond motifs is 1. The lowest BCUT2D eigenvalue weighted by atomic mass is 10.1. The highest BCUT2D eigenvalue weighted by Gasteiger charge is 2.17. The Morgan fingerprint density at radius 3 is 2.80 bits per heavy atom. The SMILES string of the molecule is O=C(c1csc(I)c1)c1c[nH]c2cc([N+](=O)[O-])ccc12. The van der Waals surface area contributed by atoms with Crippen LogP contribution in [0.1, 0.15) is 15.9 Å². The molecule has 0 aliphatic heterocycles. The first-order valence-electron chi connectivity index (χ1n) is 5.60. The highest BCUT2D eigenvalue weighted by Crippen LogP contribution is 2.26. The molecule has 100 valence electrons. The highest BCUT2D eigenvalue weighted by molar-refractivity contribution is 14.1. The molecule has 0 amide bonds. The molecular formula is C13H7IN2O3S. The van der Waals surface area contributed by atoms with Crippen LogP contribution in [0, 0.1) is 13.0 Å². The molecule has 1 N–H and O–H groups in total. The number of nitrogens with zero attached hydrogens (tertiary/aromatic N) is 1. The number of carbonyl (C=O) groups is 1. The van der Waals surface area contributed by atoms with Crippen LogP contribution < -0.4 is 0 Å². The summed E-state index contributed by atoms with van der Waals surface area (Å²) < 4.78 is 1.04. The zero-order chi connectivity index (χ0) is 14.3. The number of nitro benzene ring substituents is 1. The fraction of sp³-hybridized carbons (Fsp3) is 0. The second-order valence-electron chi connectivity index (χ2n) is 4.16. The van der Waals surface area contributed by atoms with Crippen LogP contribution in [0.15, 0.2) is 35.8 Å². The summed E-state index contributed by atoms with van der Waals surface area (Å²) in [5.41, 5.74) is 1.76. The number of nitro groups is 1. The average molecular weight is 398 g/mol. The molecule has 7 heteroatoms. The van der Waals surface area contributed by atoms with Gasteiger partial charge in [0.2, 0.25) is 0 Å². The van der Waals surface area contributed by atoms with Gasteiger partial charge in [-0.3, -0.25) is 14.9 Å². The lowest BCUT2D eigenvalue weighted by Crippen LogP contribution is -1.98. The van der Waals surface area contributed by atoms with Gasteiger partial charge in [-0.2, -0.15) is 0 Å². The predicted molar refractivity (Wildman–Crippen MR) is 85.4 cm³/mol. The molecule has 1 aromatic carbocycles. The summed E-state index contributed by atoms with van der Waals surface area (Å²) in [4.78, 5) is 25.6. The largest absolute Gasteiger partial charge is 0.360 e. The monoisotopic (exact) mass is 398 g/mol. The van der Waals surface area contributed by atoms with Crippen molar-refractivity contribution in [3.05, 3.63) is 60.0 Å². The Hall–Kier alpha value is -1.74. The molecule has 0 saturated carbocycles. The van der Waals surface area contributed by atoms with Crippen LogP contribution in [0.5, 0.6) is 0 Å².